The highest BCUT2D eigenvalue weighted by Gasteiger charge is 2.23. The van der Waals surface area contributed by atoms with E-state index in [1.807, 2.05) is 0 Å². The number of aromatic amines is 1. The number of aryl methyl sites for hydroxylation is 1. The van der Waals surface area contributed by atoms with E-state index in [2.05, 4.69) is 15.0 Å². The quantitative estimate of drug-likeness (QED) is 0.340. The number of benzene rings is 1. The molecule has 0 radical (unpaired) electrons. The lowest BCUT2D eigenvalue weighted by molar-refractivity contribution is 0.0386. The molecule has 1 unspecified atom stereocenters. The zero-order chi connectivity index (χ0) is 23.9. The maximum Gasteiger partial charge on any atom is 0.340 e. The number of aromatic nitrogens is 1. The van der Waals surface area contributed by atoms with E-state index in [-0.39, 0.29) is 36.5 Å². The largest absolute Gasteiger partial charge is 0.460 e. The molecule has 0 spiro atoms. The number of carbonyl (C=O) groups excluding carboxylic acids is 2. The van der Waals surface area contributed by atoms with Gasteiger partial charge in [-0.05, 0) is 50.6 Å². The van der Waals surface area contributed by atoms with E-state index in [9.17, 15) is 18.0 Å². The molecule has 0 fully saturated rings. The average molecular weight is 468 g/mol. The molecule has 0 bridgehead atoms. The Morgan fingerprint density at radius 1 is 1.06 bits per heavy atom. The summed E-state index contributed by atoms with van der Waals surface area (Å²) < 4.78 is 42.3. The van der Waals surface area contributed by atoms with Crippen molar-refractivity contribution in [3.05, 3.63) is 46.8 Å². The summed E-state index contributed by atoms with van der Waals surface area (Å²) >= 11 is 0. The average Bonchev–Trinajstić information content (AvgIpc) is 3.02. The number of rotatable bonds is 11. The minimum Gasteiger partial charge on any atom is -0.460 e. The van der Waals surface area contributed by atoms with Gasteiger partial charge in [0.05, 0.1) is 23.7 Å². The number of hydrogen-bond donors (Lipinski definition) is 3. The number of amides is 1. The first-order valence-electron chi connectivity index (χ1n) is 9.88. The van der Waals surface area contributed by atoms with Crippen LogP contribution in [0.25, 0.3) is 0 Å². The summed E-state index contributed by atoms with van der Waals surface area (Å²) in [6.45, 7) is 5.63. The Bertz CT molecular complexity index is 1050. The number of carbonyl (C=O) groups is 2. The fourth-order valence-corrected chi connectivity index (χ4v) is 4.33. The third kappa shape index (κ3) is 6.39. The van der Waals surface area contributed by atoms with E-state index in [0.29, 0.717) is 22.5 Å². The Kier molecular flexibility index (Phi) is 8.96. The fraction of sp³-hybridized carbons (Fsp3) is 0.429. The van der Waals surface area contributed by atoms with E-state index in [0.717, 1.165) is 0 Å². The lowest BCUT2D eigenvalue weighted by atomic mass is 10.1. The molecule has 0 saturated heterocycles. The third-order valence-corrected chi connectivity index (χ3v) is 6.19. The first kappa shape index (κ1) is 25.5. The van der Waals surface area contributed by atoms with Crippen molar-refractivity contribution in [1.82, 2.24) is 9.71 Å². The van der Waals surface area contributed by atoms with Gasteiger partial charge >= 0.3 is 5.97 Å². The molecule has 0 aliphatic rings. The summed E-state index contributed by atoms with van der Waals surface area (Å²) in [5.74, 6) is -1.01. The monoisotopic (exact) mass is 467 g/mol. The molecule has 11 heteroatoms. The summed E-state index contributed by atoms with van der Waals surface area (Å²) in [5.41, 5.74) is 1.87. The second-order valence-electron chi connectivity index (χ2n) is 7.21. The number of hydrogen-bond acceptors (Lipinski definition) is 7. The topological polar surface area (TPSA) is 136 Å². The molecular formula is C21H29N3O7S. The predicted molar refractivity (Wildman–Crippen MR) is 118 cm³/mol. The van der Waals surface area contributed by atoms with Crippen LogP contribution in [0.1, 0.15) is 39.0 Å². The molecule has 1 heterocycles. The van der Waals surface area contributed by atoms with Gasteiger partial charge in [-0.1, -0.05) is 0 Å². The van der Waals surface area contributed by atoms with Crippen molar-refractivity contribution in [2.45, 2.75) is 31.7 Å². The molecule has 1 aromatic carbocycles. The smallest absolute Gasteiger partial charge is 0.340 e. The molecule has 10 nitrogen and oxygen atoms in total. The van der Waals surface area contributed by atoms with Gasteiger partial charge in [0.1, 0.15) is 12.3 Å². The number of esters is 1. The minimum atomic E-state index is -3.72. The summed E-state index contributed by atoms with van der Waals surface area (Å²) in [6.07, 6.45) is 0. The molecule has 2 rings (SSSR count). The highest BCUT2D eigenvalue weighted by atomic mass is 32.2. The maximum absolute atomic E-state index is 12.7. The van der Waals surface area contributed by atoms with Gasteiger partial charge in [-0.15, -0.1) is 0 Å². The lowest BCUT2D eigenvalue weighted by Gasteiger charge is -2.13. The van der Waals surface area contributed by atoms with Crippen molar-refractivity contribution in [1.29, 1.82) is 0 Å². The van der Waals surface area contributed by atoms with E-state index in [1.165, 1.54) is 38.5 Å². The number of anilines is 1. The van der Waals surface area contributed by atoms with Gasteiger partial charge in [0.15, 0.2) is 0 Å². The zero-order valence-corrected chi connectivity index (χ0v) is 19.6. The molecule has 3 N–H and O–H groups in total. The second-order valence-corrected chi connectivity index (χ2v) is 8.92. The Hall–Kier alpha value is -2.73. The second kappa shape index (κ2) is 11.2. The number of nitrogens with one attached hydrogen (secondary N) is 3. The van der Waals surface area contributed by atoms with Crippen LogP contribution in [-0.2, 0) is 24.2 Å². The number of H-pyrrole nitrogens is 1. The van der Waals surface area contributed by atoms with Gasteiger partial charge in [-0.25, -0.2) is 17.9 Å². The summed E-state index contributed by atoms with van der Waals surface area (Å²) in [6, 6.07) is 5.36. The van der Waals surface area contributed by atoms with Crippen molar-refractivity contribution >= 4 is 27.6 Å². The lowest BCUT2D eigenvalue weighted by Crippen LogP contribution is -2.35. The van der Waals surface area contributed by atoms with E-state index < -0.39 is 21.9 Å². The van der Waals surface area contributed by atoms with Crippen LogP contribution in [0.5, 0.6) is 0 Å². The van der Waals surface area contributed by atoms with Gasteiger partial charge in [0.25, 0.3) is 5.91 Å². The standard InChI is InChI=1S/C21H29N3O7S/c1-13(12-30-5)24-32(27,28)17-8-6-16(7-9-17)23-20(25)19-14(2)18(15(3)22-19)21(26)31-11-10-29-4/h6-9,13,22,24H,10-12H2,1-5H3,(H,23,25). The molecule has 2 aromatic rings. The molecule has 0 aliphatic heterocycles. The van der Waals surface area contributed by atoms with Crippen LogP contribution in [0.2, 0.25) is 0 Å². The molecule has 0 saturated carbocycles. The zero-order valence-electron chi connectivity index (χ0n) is 18.8. The molecule has 1 atom stereocenters. The van der Waals surface area contributed by atoms with Crippen molar-refractivity contribution in [3.63, 3.8) is 0 Å². The van der Waals surface area contributed by atoms with Gasteiger partial charge in [0, 0.05) is 31.6 Å². The molecular weight excluding hydrogens is 438 g/mol. The molecule has 176 valence electrons. The maximum atomic E-state index is 12.7. The van der Waals surface area contributed by atoms with Crippen LogP contribution in [0.4, 0.5) is 5.69 Å². The van der Waals surface area contributed by atoms with Crippen LogP contribution in [0.15, 0.2) is 29.2 Å². The molecule has 1 aromatic heterocycles. The number of sulfonamides is 1. The van der Waals surface area contributed by atoms with Gasteiger partial charge < -0.3 is 24.5 Å². The van der Waals surface area contributed by atoms with Crippen LogP contribution in [0, 0.1) is 13.8 Å². The number of ether oxygens (including phenoxy) is 3. The van der Waals surface area contributed by atoms with E-state index in [1.54, 1.807) is 20.8 Å². The predicted octanol–water partition coefficient (Wildman–Crippen LogP) is 2.00. The summed E-state index contributed by atoms with van der Waals surface area (Å²) in [7, 11) is -0.724. The minimum absolute atomic E-state index is 0.0615. The number of methoxy groups -OCH3 is 2. The Morgan fingerprint density at radius 2 is 1.72 bits per heavy atom. The van der Waals surface area contributed by atoms with Gasteiger partial charge in [-0.2, -0.15) is 0 Å². The first-order chi connectivity index (χ1) is 15.1. The van der Waals surface area contributed by atoms with Crippen LogP contribution < -0.4 is 10.0 Å². The molecule has 1 amide bonds. The van der Waals surface area contributed by atoms with Gasteiger partial charge in [-0.3, -0.25) is 4.79 Å². The SMILES string of the molecule is COCCOC(=O)c1c(C)[nH]c(C(=O)Nc2ccc(S(=O)(=O)NC(C)COC)cc2)c1C. The highest BCUT2D eigenvalue weighted by Crippen LogP contribution is 2.21. The Labute approximate surface area is 187 Å². The van der Waals surface area contributed by atoms with Crippen LogP contribution in [-0.4, -0.2) is 65.4 Å². The summed E-state index contributed by atoms with van der Waals surface area (Å²) in [5, 5.41) is 2.69. The Morgan fingerprint density at radius 3 is 2.31 bits per heavy atom. The van der Waals surface area contributed by atoms with Crippen LogP contribution in [0.3, 0.4) is 0 Å². The fourth-order valence-electron chi connectivity index (χ4n) is 3.10. The first-order valence-corrected chi connectivity index (χ1v) is 11.4. The van der Waals surface area contributed by atoms with Gasteiger partial charge in [0.2, 0.25) is 10.0 Å². The normalized spacial score (nSPS) is 12.4. The Balaban J connectivity index is 2.12. The third-order valence-electron chi connectivity index (χ3n) is 4.58. The van der Waals surface area contributed by atoms with Crippen molar-refractivity contribution in [2.75, 3.05) is 39.4 Å². The van der Waals surface area contributed by atoms with Crippen LogP contribution >= 0.6 is 0 Å². The molecule has 0 aliphatic carbocycles. The summed E-state index contributed by atoms with van der Waals surface area (Å²) in [4.78, 5) is 28.0. The van der Waals surface area contributed by atoms with E-state index >= 15 is 0 Å². The van der Waals surface area contributed by atoms with Crippen molar-refractivity contribution < 1.29 is 32.2 Å². The highest BCUT2D eigenvalue weighted by molar-refractivity contribution is 7.89. The van der Waals surface area contributed by atoms with Crippen molar-refractivity contribution in [3.8, 4) is 0 Å². The van der Waals surface area contributed by atoms with Crippen molar-refractivity contribution in [2.24, 2.45) is 0 Å². The van der Waals surface area contributed by atoms with E-state index in [4.69, 9.17) is 14.2 Å². The molecule has 32 heavy (non-hydrogen) atoms.